The van der Waals surface area contributed by atoms with Crippen molar-refractivity contribution < 1.29 is 9.53 Å². The number of amides is 2. The molecule has 1 aromatic carbocycles. The summed E-state index contributed by atoms with van der Waals surface area (Å²) < 4.78 is 6.04. The van der Waals surface area contributed by atoms with Crippen molar-refractivity contribution in [3.05, 3.63) is 35.9 Å². The minimum absolute atomic E-state index is 0.0775. The van der Waals surface area contributed by atoms with Crippen LogP contribution >= 0.6 is 0 Å². The smallest absolute Gasteiger partial charge is 0.315 e. The molecule has 1 heterocycles. The van der Waals surface area contributed by atoms with Crippen LogP contribution in [0.2, 0.25) is 0 Å². The number of primary amides is 1. The molecular weight excluding hydrogens is 252 g/mol. The Morgan fingerprint density at radius 3 is 2.65 bits per heavy atom. The van der Waals surface area contributed by atoms with Gasteiger partial charge in [-0.2, -0.15) is 0 Å². The Hall–Kier alpha value is -1.55. The Bertz CT molecular complexity index is 459. The lowest BCUT2D eigenvalue weighted by Gasteiger charge is -2.27. The Labute approximate surface area is 119 Å². The summed E-state index contributed by atoms with van der Waals surface area (Å²) in [5, 5.41) is 0. The van der Waals surface area contributed by atoms with E-state index in [1.165, 1.54) is 18.4 Å². The number of carbonyl (C=O) groups excluding carboxylic acids is 1. The van der Waals surface area contributed by atoms with Gasteiger partial charge in [0.2, 0.25) is 0 Å². The molecule has 0 bridgehead atoms. The zero-order chi connectivity index (χ0) is 13.9. The van der Waals surface area contributed by atoms with Crippen LogP contribution in [0.3, 0.4) is 0 Å². The fraction of sp³-hybridized carbons (Fsp3) is 0.562. The molecule has 2 fully saturated rings. The highest BCUT2D eigenvalue weighted by Gasteiger charge is 2.37. The highest BCUT2D eigenvalue weighted by Crippen LogP contribution is 2.31. The van der Waals surface area contributed by atoms with Crippen LogP contribution in [0.25, 0.3) is 0 Å². The lowest BCUT2D eigenvalue weighted by atomic mass is 10.0. The number of carbonyl (C=O) groups is 1. The first kappa shape index (κ1) is 13.4. The average molecular weight is 274 g/mol. The number of urea groups is 1. The van der Waals surface area contributed by atoms with Crippen LogP contribution in [0.5, 0.6) is 0 Å². The van der Waals surface area contributed by atoms with Gasteiger partial charge in [-0.1, -0.05) is 30.3 Å². The van der Waals surface area contributed by atoms with Crippen molar-refractivity contribution in [3.63, 3.8) is 0 Å². The first-order valence-electron chi connectivity index (χ1n) is 7.45. The van der Waals surface area contributed by atoms with Crippen LogP contribution < -0.4 is 5.73 Å². The Morgan fingerprint density at radius 1 is 1.25 bits per heavy atom. The highest BCUT2D eigenvalue weighted by molar-refractivity contribution is 5.73. The van der Waals surface area contributed by atoms with Crippen molar-refractivity contribution >= 4 is 6.03 Å². The van der Waals surface area contributed by atoms with E-state index < -0.39 is 0 Å². The fourth-order valence-corrected chi connectivity index (χ4v) is 2.93. The van der Waals surface area contributed by atoms with Gasteiger partial charge in [0, 0.05) is 13.2 Å². The zero-order valence-electron chi connectivity index (χ0n) is 11.7. The lowest BCUT2D eigenvalue weighted by molar-refractivity contribution is 0.0265. The summed E-state index contributed by atoms with van der Waals surface area (Å²) in [4.78, 5) is 13.4. The molecule has 2 atom stereocenters. The minimum Gasteiger partial charge on any atom is -0.376 e. The number of rotatable bonds is 5. The van der Waals surface area contributed by atoms with Crippen LogP contribution in [0.1, 0.15) is 24.8 Å². The van der Waals surface area contributed by atoms with Crippen LogP contribution in [-0.2, 0) is 11.2 Å². The van der Waals surface area contributed by atoms with E-state index in [1.54, 1.807) is 4.90 Å². The highest BCUT2D eigenvalue weighted by atomic mass is 16.5. The molecule has 108 valence electrons. The number of ether oxygens (including phenoxy) is 1. The second-order valence-corrected chi connectivity index (χ2v) is 5.89. The normalized spacial score (nSPS) is 25.9. The van der Waals surface area contributed by atoms with E-state index in [-0.39, 0.29) is 18.2 Å². The van der Waals surface area contributed by atoms with Crippen molar-refractivity contribution in [3.8, 4) is 0 Å². The van der Waals surface area contributed by atoms with Gasteiger partial charge in [0.1, 0.15) is 0 Å². The molecule has 3 rings (SSSR count). The summed E-state index contributed by atoms with van der Waals surface area (Å²) in [5.74, 6) is 0.745. The van der Waals surface area contributed by atoms with Gasteiger partial charge in [-0.25, -0.2) is 4.79 Å². The molecule has 0 aromatic heterocycles. The predicted octanol–water partition coefficient (Wildman–Crippen LogP) is 2.18. The monoisotopic (exact) mass is 274 g/mol. The van der Waals surface area contributed by atoms with E-state index in [0.717, 1.165) is 25.4 Å². The molecular formula is C16H22N2O2. The van der Waals surface area contributed by atoms with E-state index in [0.29, 0.717) is 6.54 Å². The number of hydrogen-bond donors (Lipinski definition) is 1. The van der Waals surface area contributed by atoms with Gasteiger partial charge in [0.25, 0.3) is 0 Å². The summed E-state index contributed by atoms with van der Waals surface area (Å²) in [6.45, 7) is 1.55. The average Bonchev–Trinajstić information content (AvgIpc) is 3.19. The van der Waals surface area contributed by atoms with E-state index in [4.69, 9.17) is 10.5 Å². The molecule has 1 aliphatic carbocycles. The number of nitrogens with zero attached hydrogens (tertiary/aromatic N) is 1. The van der Waals surface area contributed by atoms with Crippen LogP contribution in [0.15, 0.2) is 30.3 Å². The molecule has 1 aromatic rings. The fourth-order valence-electron chi connectivity index (χ4n) is 2.93. The third-order valence-electron chi connectivity index (χ3n) is 4.30. The molecule has 0 spiro atoms. The van der Waals surface area contributed by atoms with Gasteiger partial charge in [-0.3, -0.25) is 0 Å². The molecule has 1 saturated heterocycles. The standard InChI is InChI=1S/C16H22N2O2/c17-16(19)18-9-8-15(20-11-13-6-7-13)14(18)10-12-4-2-1-3-5-12/h1-5,13-15H,6-11H2,(H2,17,19)/t14-,15+/m0/s1. The van der Waals surface area contributed by atoms with Crippen molar-refractivity contribution in [1.29, 1.82) is 0 Å². The third kappa shape index (κ3) is 3.12. The first-order valence-corrected chi connectivity index (χ1v) is 7.45. The third-order valence-corrected chi connectivity index (χ3v) is 4.30. The Kier molecular flexibility index (Phi) is 3.92. The van der Waals surface area contributed by atoms with Crippen molar-refractivity contribution in [1.82, 2.24) is 4.90 Å². The maximum atomic E-state index is 11.6. The van der Waals surface area contributed by atoms with Crippen LogP contribution in [0.4, 0.5) is 4.79 Å². The first-order chi connectivity index (χ1) is 9.74. The summed E-state index contributed by atoms with van der Waals surface area (Å²) >= 11 is 0. The molecule has 4 nitrogen and oxygen atoms in total. The number of benzene rings is 1. The SMILES string of the molecule is NC(=O)N1CC[C@@H](OCC2CC2)[C@@H]1Cc1ccccc1. The number of nitrogens with two attached hydrogens (primary N) is 1. The van der Waals surface area contributed by atoms with Gasteiger partial charge in [0.05, 0.1) is 12.1 Å². The summed E-state index contributed by atoms with van der Waals surface area (Å²) in [6.07, 6.45) is 4.42. The van der Waals surface area contributed by atoms with Gasteiger partial charge in [0.15, 0.2) is 0 Å². The van der Waals surface area contributed by atoms with Crippen LogP contribution in [-0.4, -0.2) is 36.2 Å². The topological polar surface area (TPSA) is 55.6 Å². The summed E-state index contributed by atoms with van der Waals surface area (Å²) in [5.41, 5.74) is 6.73. The molecule has 2 aliphatic rings. The molecule has 2 N–H and O–H groups in total. The molecule has 1 aliphatic heterocycles. The second-order valence-electron chi connectivity index (χ2n) is 5.89. The quantitative estimate of drug-likeness (QED) is 0.894. The maximum absolute atomic E-state index is 11.6. The number of hydrogen-bond acceptors (Lipinski definition) is 2. The molecule has 2 amide bonds. The van der Waals surface area contributed by atoms with E-state index in [9.17, 15) is 4.79 Å². The molecule has 20 heavy (non-hydrogen) atoms. The molecule has 1 saturated carbocycles. The molecule has 4 heteroatoms. The predicted molar refractivity (Wildman–Crippen MR) is 77.3 cm³/mol. The van der Waals surface area contributed by atoms with Crippen molar-refractivity contribution in [2.75, 3.05) is 13.2 Å². The van der Waals surface area contributed by atoms with Gasteiger partial charge in [-0.05, 0) is 37.2 Å². The van der Waals surface area contributed by atoms with Gasteiger partial charge >= 0.3 is 6.03 Å². The van der Waals surface area contributed by atoms with E-state index in [2.05, 4.69) is 12.1 Å². The van der Waals surface area contributed by atoms with Gasteiger partial charge in [-0.15, -0.1) is 0 Å². The van der Waals surface area contributed by atoms with Crippen molar-refractivity contribution in [2.24, 2.45) is 11.7 Å². The van der Waals surface area contributed by atoms with E-state index >= 15 is 0 Å². The molecule has 0 unspecified atom stereocenters. The largest absolute Gasteiger partial charge is 0.376 e. The Morgan fingerprint density at radius 2 is 2.00 bits per heavy atom. The number of likely N-dealkylation sites (tertiary alicyclic amines) is 1. The second kappa shape index (κ2) is 5.83. The maximum Gasteiger partial charge on any atom is 0.315 e. The van der Waals surface area contributed by atoms with Gasteiger partial charge < -0.3 is 15.4 Å². The zero-order valence-corrected chi connectivity index (χ0v) is 11.7. The van der Waals surface area contributed by atoms with Crippen molar-refractivity contribution in [2.45, 2.75) is 37.8 Å². The molecule has 0 radical (unpaired) electrons. The summed E-state index contributed by atoms with van der Waals surface area (Å²) in [7, 11) is 0. The lowest BCUT2D eigenvalue weighted by Crippen LogP contribution is -2.44. The summed E-state index contributed by atoms with van der Waals surface area (Å²) in [6, 6.07) is 9.99. The minimum atomic E-state index is -0.330. The Balaban J connectivity index is 1.67. The van der Waals surface area contributed by atoms with Crippen LogP contribution in [0, 0.1) is 5.92 Å². The van der Waals surface area contributed by atoms with E-state index in [1.807, 2.05) is 18.2 Å².